The lowest BCUT2D eigenvalue weighted by atomic mass is 9.87. The number of carbonyl (C=O) groups excluding carboxylic acids is 2. The van der Waals surface area contributed by atoms with E-state index in [1.54, 1.807) is 13.8 Å². The maximum Gasteiger partial charge on any atom is 0.407 e. The van der Waals surface area contributed by atoms with Crippen LogP contribution >= 0.6 is 11.8 Å². The predicted octanol–water partition coefficient (Wildman–Crippen LogP) is 3.93. The van der Waals surface area contributed by atoms with Gasteiger partial charge in [-0.3, -0.25) is 4.79 Å². The van der Waals surface area contributed by atoms with E-state index in [0.717, 1.165) is 11.1 Å². The van der Waals surface area contributed by atoms with Gasteiger partial charge < -0.3 is 20.1 Å². The van der Waals surface area contributed by atoms with Crippen molar-refractivity contribution in [2.24, 2.45) is 5.41 Å². The summed E-state index contributed by atoms with van der Waals surface area (Å²) in [5.41, 5.74) is 3.84. The first-order valence-electron chi connectivity index (χ1n) is 11.0. The summed E-state index contributed by atoms with van der Waals surface area (Å²) in [4.78, 5) is 38.1. The molecule has 4 rings (SSSR count). The molecule has 0 radical (unpaired) electrons. The molecule has 1 aliphatic heterocycles. The summed E-state index contributed by atoms with van der Waals surface area (Å²) in [5, 5.41) is 12.1. The van der Waals surface area contributed by atoms with Gasteiger partial charge in [-0.25, -0.2) is 9.59 Å². The van der Waals surface area contributed by atoms with Gasteiger partial charge in [0.2, 0.25) is 5.91 Å². The zero-order chi connectivity index (χ0) is 23.6. The summed E-state index contributed by atoms with van der Waals surface area (Å²) >= 11 is 1.44. The molecule has 2 aromatic rings. The van der Waals surface area contributed by atoms with Crippen molar-refractivity contribution in [2.75, 3.05) is 24.8 Å². The fraction of sp³-hybridized carbons (Fsp3) is 0.400. The Morgan fingerprint density at radius 1 is 1.09 bits per heavy atom. The minimum atomic E-state index is -0.985. The molecule has 0 bridgehead atoms. The molecule has 2 aliphatic rings. The quantitative estimate of drug-likeness (QED) is 0.639. The van der Waals surface area contributed by atoms with Gasteiger partial charge in [-0.05, 0) is 28.7 Å². The van der Waals surface area contributed by atoms with E-state index in [0.29, 0.717) is 18.1 Å². The first kappa shape index (κ1) is 23.2. The monoisotopic (exact) mass is 468 g/mol. The summed E-state index contributed by atoms with van der Waals surface area (Å²) in [6.45, 7) is 4.04. The van der Waals surface area contributed by atoms with Crippen molar-refractivity contribution in [3.05, 3.63) is 59.7 Å². The molecule has 2 amide bonds. The summed E-state index contributed by atoms with van der Waals surface area (Å²) in [7, 11) is 0. The third kappa shape index (κ3) is 4.71. The first-order chi connectivity index (χ1) is 15.8. The Kier molecular flexibility index (Phi) is 6.65. The van der Waals surface area contributed by atoms with Crippen molar-refractivity contribution in [1.29, 1.82) is 0 Å². The lowest BCUT2D eigenvalue weighted by Crippen LogP contribution is -2.48. The van der Waals surface area contributed by atoms with E-state index >= 15 is 0 Å². The van der Waals surface area contributed by atoms with Crippen LogP contribution in [-0.4, -0.2) is 58.8 Å². The molecule has 1 fully saturated rings. The molecule has 1 saturated heterocycles. The fourth-order valence-corrected chi connectivity index (χ4v) is 5.61. The van der Waals surface area contributed by atoms with Crippen LogP contribution < -0.4 is 5.32 Å². The zero-order valence-corrected chi connectivity index (χ0v) is 19.6. The Labute approximate surface area is 197 Å². The Morgan fingerprint density at radius 3 is 2.30 bits per heavy atom. The third-order valence-electron chi connectivity index (χ3n) is 6.37. The largest absolute Gasteiger partial charge is 0.480 e. The third-order valence-corrected chi connectivity index (χ3v) is 7.38. The Morgan fingerprint density at radius 2 is 1.70 bits per heavy atom. The average molecular weight is 469 g/mol. The number of nitrogens with zero attached hydrogens (tertiary/aromatic N) is 1. The highest BCUT2D eigenvalue weighted by Crippen LogP contribution is 2.44. The highest BCUT2D eigenvalue weighted by molar-refractivity contribution is 7.99. The molecule has 0 spiro atoms. The van der Waals surface area contributed by atoms with Crippen LogP contribution in [0.25, 0.3) is 11.1 Å². The van der Waals surface area contributed by atoms with Crippen molar-refractivity contribution in [1.82, 2.24) is 10.2 Å². The molecule has 1 atom stereocenters. The van der Waals surface area contributed by atoms with Gasteiger partial charge in [0.05, 0.1) is 5.88 Å². The van der Waals surface area contributed by atoms with E-state index in [1.165, 1.54) is 27.8 Å². The first-order valence-corrected chi connectivity index (χ1v) is 12.2. The van der Waals surface area contributed by atoms with Gasteiger partial charge in [0.25, 0.3) is 0 Å². The highest BCUT2D eigenvalue weighted by Gasteiger charge is 2.41. The predicted molar refractivity (Wildman–Crippen MR) is 127 cm³/mol. The number of carboxylic acids is 1. The number of thioether (sulfide) groups is 1. The van der Waals surface area contributed by atoms with E-state index in [-0.39, 0.29) is 25.0 Å². The number of benzene rings is 2. The lowest BCUT2D eigenvalue weighted by Gasteiger charge is -2.31. The molecule has 7 nitrogen and oxygen atoms in total. The van der Waals surface area contributed by atoms with Crippen molar-refractivity contribution in [3.63, 3.8) is 0 Å². The fourth-order valence-electron chi connectivity index (χ4n) is 4.47. The molecule has 174 valence electrons. The highest BCUT2D eigenvalue weighted by atomic mass is 32.2. The SMILES string of the molecule is CC(C)(CCNC(=O)OCC1c2ccccc2-c2ccccc21)C(=O)N1CSCC1C(=O)O. The number of rotatable bonds is 7. The Bertz CT molecular complexity index is 1020. The molecule has 0 aromatic heterocycles. The number of hydrogen-bond donors (Lipinski definition) is 2. The van der Waals surface area contributed by atoms with E-state index in [1.807, 2.05) is 24.3 Å². The van der Waals surface area contributed by atoms with E-state index in [2.05, 4.69) is 29.6 Å². The van der Waals surface area contributed by atoms with E-state index < -0.39 is 23.5 Å². The number of nitrogens with one attached hydrogen (secondary N) is 1. The topological polar surface area (TPSA) is 95.9 Å². The summed E-state index contributed by atoms with van der Waals surface area (Å²) < 4.78 is 5.54. The van der Waals surface area contributed by atoms with Crippen LogP contribution in [0.5, 0.6) is 0 Å². The van der Waals surface area contributed by atoms with Crippen LogP contribution in [0.1, 0.15) is 37.3 Å². The van der Waals surface area contributed by atoms with Gasteiger partial charge in [0.1, 0.15) is 12.6 Å². The van der Waals surface area contributed by atoms with Crippen LogP contribution in [-0.2, 0) is 14.3 Å². The van der Waals surface area contributed by atoms with Crippen LogP contribution in [0, 0.1) is 5.41 Å². The minimum absolute atomic E-state index is 0.0122. The van der Waals surface area contributed by atoms with Crippen LogP contribution in [0.4, 0.5) is 4.79 Å². The maximum atomic E-state index is 12.9. The van der Waals surface area contributed by atoms with Crippen LogP contribution in [0.2, 0.25) is 0 Å². The van der Waals surface area contributed by atoms with Crippen molar-refractivity contribution >= 4 is 29.7 Å². The summed E-state index contributed by atoms with van der Waals surface area (Å²) in [5.74, 6) is -0.439. The standard InChI is InChI=1S/C25H28N2O5S/c1-25(2,23(30)27-15-33-14-21(27)22(28)29)11-12-26-24(31)32-13-20-18-9-5-3-7-16(18)17-8-4-6-10-19(17)20/h3-10,20-21H,11-15H2,1-2H3,(H,26,31)(H,28,29). The van der Waals surface area contributed by atoms with Crippen molar-refractivity contribution in [3.8, 4) is 11.1 Å². The van der Waals surface area contributed by atoms with Crippen LogP contribution in [0.3, 0.4) is 0 Å². The van der Waals surface area contributed by atoms with Crippen molar-refractivity contribution in [2.45, 2.75) is 32.2 Å². The number of aliphatic carboxylic acids is 1. The maximum absolute atomic E-state index is 12.9. The molecular weight excluding hydrogens is 440 g/mol. The minimum Gasteiger partial charge on any atom is -0.480 e. The second-order valence-electron chi connectivity index (χ2n) is 9.02. The van der Waals surface area contributed by atoms with Gasteiger partial charge in [0, 0.05) is 23.6 Å². The van der Waals surface area contributed by atoms with E-state index in [9.17, 15) is 19.5 Å². The number of carboxylic acid groups (broad SMARTS) is 1. The molecular formula is C25H28N2O5S. The summed E-state index contributed by atoms with van der Waals surface area (Å²) in [6.07, 6.45) is -0.149. The average Bonchev–Trinajstić information content (AvgIpc) is 3.40. The van der Waals surface area contributed by atoms with Gasteiger partial charge in [-0.2, -0.15) is 0 Å². The van der Waals surface area contributed by atoms with E-state index in [4.69, 9.17) is 4.74 Å². The number of amides is 2. The van der Waals surface area contributed by atoms with Crippen molar-refractivity contribution < 1.29 is 24.2 Å². The second-order valence-corrected chi connectivity index (χ2v) is 10.0. The Hall–Kier alpha value is -3.00. The normalized spacial score (nSPS) is 17.4. The molecule has 1 aliphatic carbocycles. The number of fused-ring (bicyclic) bond motifs is 3. The molecule has 1 unspecified atom stereocenters. The summed E-state index contributed by atoms with van der Waals surface area (Å²) in [6, 6.07) is 15.5. The molecule has 8 heteroatoms. The van der Waals surface area contributed by atoms with Gasteiger partial charge >= 0.3 is 12.1 Å². The molecule has 1 heterocycles. The van der Waals surface area contributed by atoms with Crippen LogP contribution in [0.15, 0.2) is 48.5 Å². The number of carbonyl (C=O) groups is 3. The zero-order valence-electron chi connectivity index (χ0n) is 18.7. The molecule has 33 heavy (non-hydrogen) atoms. The van der Waals surface area contributed by atoms with Gasteiger partial charge in [0.15, 0.2) is 0 Å². The Balaban J connectivity index is 1.30. The molecule has 2 N–H and O–H groups in total. The smallest absolute Gasteiger partial charge is 0.407 e. The molecule has 0 saturated carbocycles. The lowest BCUT2D eigenvalue weighted by molar-refractivity contribution is -0.151. The molecule has 2 aromatic carbocycles. The van der Waals surface area contributed by atoms with Gasteiger partial charge in [-0.15, -0.1) is 11.8 Å². The second kappa shape index (κ2) is 9.47. The number of hydrogen-bond acceptors (Lipinski definition) is 5. The van der Waals surface area contributed by atoms with Gasteiger partial charge in [-0.1, -0.05) is 62.4 Å². The number of ether oxygens (including phenoxy) is 1. The number of alkyl carbamates (subject to hydrolysis) is 1.